The molecular formula is C28H36FN5O. The summed E-state index contributed by atoms with van der Waals surface area (Å²) in [6.07, 6.45) is 1.22. The predicted octanol–water partition coefficient (Wildman–Crippen LogP) is 4.09. The van der Waals surface area contributed by atoms with Gasteiger partial charge in [0.2, 0.25) is 0 Å². The standard InChI is InChI=1S/C28H36FN5O/c1-30-10-12-35-22-7-5-19(6-8-22)25-14-27(34-17-20-9-11-33(4)16-21(20)18-34)23-13-24(29)28(32(2)3)15-26(23)31-25/h5-8,13-15,20-21,30H,9-12,16-18H2,1-4H3. The number of pyridine rings is 1. The number of likely N-dealkylation sites (N-methyl/N-ethyl adjacent to an activating group) is 1. The SMILES string of the molecule is CNCCOc1ccc(-c2cc(N3CC4CCN(C)CC4C3)c3cc(F)c(N(C)C)cc3n2)cc1. The summed E-state index contributed by atoms with van der Waals surface area (Å²) in [5.41, 5.74) is 4.39. The lowest BCUT2D eigenvalue weighted by Crippen LogP contribution is -2.37. The van der Waals surface area contributed by atoms with E-state index in [4.69, 9.17) is 9.72 Å². The molecule has 7 heteroatoms. The van der Waals surface area contributed by atoms with E-state index < -0.39 is 0 Å². The second kappa shape index (κ2) is 9.99. The molecule has 2 aliphatic heterocycles. The first kappa shape index (κ1) is 23.8. The molecule has 1 N–H and O–H groups in total. The largest absolute Gasteiger partial charge is 0.492 e. The van der Waals surface area contributed by atoms with E-state index in [0.717, 1.165) is 66.3 Å². The highest BCUT2D eigenvalue weighted by molar-refractivity contribution is 5.96. The lowest BCUT2D eigenvalue weighted by Gasteiger charge is -2.31. The third kappa shape index (κ3) is 4.93. The van der Waals surface area contributed by atoms with Crippen molar-refractivity contribution in [2.45, 2.75) is 6.42 Å². The second-order valence-electron chi connectivity index (χ2n) is 10.2. The van der Waals surface area contributed by atoms with Gasteiger partial charge in [-0.3, -0.25) is 0 Å². The van der Waals surface area contributed by atoms with Crippen LogP contribution in [0.25, 0.3) is 22.2 Å². The quantitative estimate of drug-likeness (QED) is 0.517. The fourth-order valence-corrected chi connectivity index (χ4v) is 5.51. The zero-order chi connectivity index (χ0) is 24.5. The molecule has 2 aromatic carbocycles. The first-order valence-electron chi connectivity index (χ1n) is 12.6. The van der Waals surface area contributed by atoms with E-state index in [0.29, 0.717) is 24.1 Å². The Kier molecular flexibility index (Phi) is 6.80. The number of hydrogen-bond donors (Lipinski definition) is 1. The van der Waals surface area contributed by atoms with Crippen molar-refractivity contribution in [2.75, 3.05) is 77.3 Å². The van der Waals surface area contributed by atoms with Crippen LogP contribution in [0.1, 0.15) is 6.42 Å². The summed E-state index contributed by atoms with van der Waals surface area (Å²) in [7, 11) is 7.85. The number of benzene rings is 2. The minimum absolute atomic E-state index is 0.210. The maximum absolute atomic E-state index is 15.1. The van der Waals surface area contributed by atoms with Gasteiger partial charge in [0.1, 0.15) is 18.2 Å². The fourth-order valence-electron chi connectivity index (χ4n) is 5.51. The minimum atomic E-state index is -0.210. The summed E-state index contributed by atoms with van der Waals surface area (Å²) in [5, 5.41) is 3.97. The highest BCUT2D eigenvalue weighted by Crippen LogP contribution is 2.39. The molecule has 0 amide bonds. The van der Waals surface area contributed by atoms with E-state index in [-0.39, 0.29) is 5.82 Å². The predicted molar refractivity (Wildman–Crippen MR) is 142 cm³/mol. The van der Waals surface area contributed by atoms with Crippen LogP contribution in [0.15, 0.2) is 42.5 Å². The van der Waals surface area contributed by atoms with Gasteiger partial charge >= 0.3 is 0 Å². The molecule has 0 saturated carbocycles. The summed E-state index contributed by atoms with van der Waals surface area (Å²) in [6, 6.07) is 13.8. The molecular weight excluding hydrogens is 441 g/mol. The number of nitrogens with one attached hydrogen (secondary N) is 1. The first-order chi connectivity index (χ1) is 16.9. The van der Waals surface area contributed by atoms with Crippen LogP contribution in [0.4, 0.5) is 15.8 Å². The number of ether oxygens (including phenoxy) is 1. The Bertz CT molecular complexity index is 1180. The van der Waals surface area contributed by atoms with Gasteiger partial charge in [-0.05, 0) is 81.4 Å². The van der Waals surface area contributed by atoms with Crippen LogP contribution >= 0.6 is 0 Å². The highest BCUT2D eigenvalue weighted by Gasteiger charge is 2.37. The molecule has 35 heavy (non-hydrogen) atoms. The average molecular weight is 478 g/mol. The Hall–Kier alpha value is -2.90. The fraction of sp³-hybridized carbons (Fsp3) is 0.464. The molecule has 2 saturated heterocycles. The number of halogens is 1. The lowest BCUT2D eigenvalue weighted by atomic mass is 9.89. The molecule has 2 unspecified atom stereocenters. The van der Waals surface area contributed by atoms with Gasteiger partial charge in [-0.2, -0.15) is 0 Å². The van der Waals surface area contributed by atoms with Crippen LogP contribution in [0.5, 0.6) is 5.75 Å². The van der Waals surface area contributed by atoms with Crippen LogP contribution < -0.4 is 19.9 Å². The molecule has 186 valence electrons. The summed E-state index contributed by atoms with van der Waals surface area (Å²) >= 11 is 0. The van der Waals surface area contributed by atoms with Gasteiger partial charge in [-0.15, -0.1) is 0 Å². The van der Waals surface area contributed by atoms with Gasteiger partial charge in [0.05, 0.1) is 16.9 Å². The molecule has 2 atom stereocenters. The third-order valence-corrected chi connectivity index (χ3v) is 7.45. The molecule has 2 aliphatic rings. The molecule has 5 rings (SSSR count). The zero-order valence-electron chi connectivity index (χ0n) is 21.2. The van der Waals surface area contributed by atoms with Crippen LogP contribution in [-0.2, 0) is 0 Å². The number of hydrogen-bond acceptors (Lipinski definition) is 6. The van der Waals surface area contributed by atoms with Crippen molar-refractivity contribution in [2.24, 2.45) is 11.8 Å². The average Bonchev–Trinajstić information content (AvgIpc) is 3.26. The van der Waals surface area contributed by atoms with Crippen molar-refractivity contribution in [1.82, 2.24) is 15.2 Å². The molecule has 6 nitrogen and oxygen atoms in total. The third-order valence-electron chi connectivity index (χ3n) is 7.45. The van der Waals surface area contributed by atoms with E-state index in [2.05, 4.69) is 40.4 Å². The number of fused-ring (bicyclic) bond motifs is 2. The van der Waals surface area contributed by atoms with Crippen LogP contribution in [-0.4, -0.2) is 77.4 Å². The van der Waals surface area contributed by atoms with E-state index in [1.54, 1.807) is 11.0 Å². The zero-order valence-corrected chi connectivity index (χ0v) is 21.2. The lowest BCUT2D eigenvalue weighted by molar-refractivity contribution is 0.178. The topological polar surface area (TPSA) is 43.9 Å². The Labute approximate surface area is 207 Å². The Morgan fingerprint density at radius 1 is 1.09 bits per heavy atom. The van der Waals surface area contributed by atoms with E-state index in [1.807, 2.05) is 39.3 Å². The van der Waals surface area contributed by atoms with Crippen molar-refractivity contribution in [1.29, 1.82) is 0 Å². The molecule has 0 bridgehead atoms. The van der Waals surface area contributed by atoms with E-state index >= 15 is 4.39 Å². The second-order valence-corrected chi connectivity index (χ2v) is 10.2. The number of nitrogens with zero attached hydrogens (tertiary/aromatic N) is 4. The number of rotatable bonds is 7. The van der Waals surface area contributed by atoms with Gasteiger partial charge in [0.25, 0.3) is 0 Å². The number of piperidine rings is 1. The first-order valence-corrected chi connectivity index (χ1v) is 12.6. The van der Waals surface area contributed by atoms with E-state index in [1.165, 1.54) is 6.42 Å². The smallest absolute Gasteiger partial charge is 0.147 e. The number of likely N-dealkylation sites (tertiary alicyclic amines) is 1. The van der Waals surface area contributed by atoms with Crippen molar-refractivity contribution in [3.05, 3.63) is 48.3 Å². The summed E-state index contributed by atoms with van der Waals surface area (Å²) in [4.78, 5) is 11.7. The highest BCUT2D eigenvalue weighted by atomic mass is 19.1. The Balaban J connectivity index is 1.54. The van der Waals surface area contributed by atoms with Gasteiger partial charge in [0, 0.05) is 56.9 Å². The maximum Gasteiger partial charge on any atom is 0.147 e. The molecule has 2 fully saturated rings. The molecule has 0 radical (unpaired) electrons. The van der Waals surface area contributed by atoms with Gasteiger partial charge < -0.3 is 24.8 Å². The van der Waals surface area contributed by atoms with Crippen molar-refractivity contribution < 1.29 is 9.13 Å². The van der Waals surface area contributed by atoms with Gasteiger partial charge in [0.15, 0.2) is 0 Å². The normalized spacial score (nSPS) is 20.3. The molecule has 0 aliphatic carbocycles. The van der Waals surface area contributed by atoms with Gasteiger partial charge in [-0.25, -0.2) is 9.37 Å². The Morgan fingerprint density at radius 2 is 1.86 bits per heavy atom. The van der Waals surface area contributed by atoms with Crippen LogP contribution in [0.3, 0.4) is 0 Å². The molecule has 1 aromatic heterocycles. The molecule has 3 aromatic rings. The summed E-state index contributed by atoms with van der Waals surface area (Å²) in [5.74, 6) is 1.98. The van der Waals surface area contributed by atoms with E-state index in [9.17, 15) is 0 Å². The summed E-state index contributed by atoms with van der Waals surface area (Å²) in [6.45, 7) is 5.73. The van der Waals surface area contributed by atoms with Crippen molar-refractivity contribution >= 4 is 22.3 Å². The number of aromatic nitrogens is 1. The van der Waals surface area contributed by atoms with Crippen LogP contribution in [0, 0.1) is 17.7 Å². The van der Waals surface area contributed by atoms with Crippen LogP contribution in [0.2, 0.25) is 0 Å². The van der Waals surface area contributed by atoms with Gasteiger partial charge in [-0.1, -0.05) is 0 Å². The molecule has 3 heterocycles. The maximum atomic E-state index is 15.1. The Morgan fingerprint density at radius 3 is 2.60 bits per heavy atom. The monoisotopic (exact) mass is 477 g/mol. The molecule has 0 spiro atoms. The minimum Gasteiger partial charge on any atom is -0.492 e. The summed E-state index contributed by atoms with van der Waals surface area (Å²) < 4.78 is 20.9. The van der Waals surface area contributed by atoms with Crippen molar-refractivity contribution in [3.8, 4) is 17.0 Å². The van der Waals surface area contributed by atoms with Crippen molar-refractivity contribution in [3.63, 3.8) is 0 Å². The number of anilines is 2.